The Hall–Kier alpha value is -0.870. The van der Waals surface area contributed by atoms with Gasteiger partial charge in [0, 0.05) is 13.1 Å². The molecule has 1 heterocycles. The molecule has 0 aliphatic carbocycles. The monoisotopic (exact) mass is 226 g/mol. The number of carbonyl (C=O) groups excluding carboxylic acids is 1. The predicted octanol–water partition coefficient (Wildman–Crippen LogP) is 0.695. The molecule has 0 spiro atoms. The number of piperidine rings is 1. The van der Waals surface area contributed by atoms with E-state index in [2.05, 4.69) is 17.2 Å². The number of hydrogen-bond acceptors (Lipinski definition) is 3. The van der Waals surface area contributed by atoms with E-state index in [0.717, 1.165) is 32.4 Å². The fourth-order valence-electron chi connectivity index (χ4n) is 1.74. The summed E-state index contributed by atoms with van der Waals surface area (Å²) in [5, 5.41) is 6.13. The minimum absolute atomic E-state index is 0.141. The van der Waals surface area contributed by atoms with E-state index in [9.17, 15) is 4.79 Å². The van der Waals surface area contributed by atoms with Gasteiger partial charge in [0.05, 0.1) is 19.1 Å². The highest BCUT2D eigenvalue weighted by atomic mass is 16.5. The van der Waals surface area contributed by atoms with Crippen LogP contribution in [0.15, 0.2) is 12.7 Å². The summed E-state index contributed by atoms with van der Waals surface area (Å²) in [7, 11) is 0. The molecule has 4 heteroatoms. The summed E-state index contributed by atoms with van der Waals surface area (Å²) < 4.78 is 5.31. The molecule has 1 fully saturated rings. The van der Waals surface area contributed by atoms with Gasteiger partial charge < -0.3 is 15.4 Å². The van der Waals surface area contributed by atoms with Gasteiger partial charge in [-0.05, 0) is 25.8 Å². The average molecular weight is 226 g/mol. The molecule has 4 nitrogen and oxygen atoms in total. The molecule has 1 saturated heterocycles. The van der Waals surface area contributed by atoms with Crippen LogP contribution < -0.4 is 10.6 Å². The van der Waals surface area contributed by atoms with Crippen LogP contribution in [-0.2, 0) is 9.53 Å². The zero-order valence-corrected chi connectivity index (χ0v) is 9.84. The Balaban J connectivity index is 1.99. The number of rotatable bonds is 7. The molecule has 1 aliphatic rings. The average Bonchev–Trinajstić information content (AvgIpc) is 2.34. The van der Waals surface area contributed by atoms with Gasteiger partial charge in [0.25, 0.3) is 0 Å². The molecular weight excluding hydrogens is 204 g/mol. The lowest BCUT2D eigenvalue weighted by Gasteiger charge is -2.21. The second-order valence-corrected chi connectivity index (χ2v) is 4.02. The topological polar surface area (TPSA) is 50.4 Å². The third-order valence-corrected chi connectivity index (χ3v) is 2.68. The van der Waals surface area contributed by atoms with E-state index in [4.69, 9.17) is 4.74 Å². The largest absolute Gasteiger partial charge is 0.379 e. The molecule has 0 bridgehead atoms. The van der Waals surface area contributed by atoms with Gasteiger partial charge in [-0.3, -0.25) is 4.79 Å². The Labute approximate surface area is 97.4 Å². The summed E-state index contributed by atoms with van der Waals surface area (Å²) in [6, 6.07) is 0. The van der Waals surface area contributed by atoms with Crippen LogP contribution in [0.4, 0.5) is 0 Å². The van der Waals surface area contributed by atoms with Crippen molar-refractivity contribution in [3.63, 3.8) is 0 Å². The van der Waals surface area contributed by atoms with Gasteiger partial charge in [-0.15, -0.1) is 6.58 Å². The van der Waals surface area contributed by atoms with Crippen molar-refractivity contribution >= 4 is 5.91 Å². The number of carbonyl (C=O) groups is 1. The van der Waals surface area contributed by atoms with Gasteiger partial charge in [-0.1, -0.05) is 6.08 Å². The molecule has 0 unspecified atom stereocenters. The molecule has 2 N–H and O–H groups in total. The van der Waals surface area contributed by atoms with Gasteiger partial charge in [0.15, 0.2) is 0 Å². The van der Waals surface area contributed by atoms with Gasteiger partial charge in [-0.25, -0.2) is 0 Å². The molecule has 1 aliphatic heterocycles. The summed E-state index contributed by atoms with van der Waals surface area (Å²) in [5.41, 5.74) is 0. The lowest BCUT2D eigenvalue weighted by Crippen LogP contribution is -2.41. The van der Waals surface area contributed by atoms with Gasteiger partial charge >= 0.3 is 0 Å². The first-order valence-electron chi connectivity index (χ1n) is 6.01. The quantitative estimate of drug-likeness (QED) is 0.496. The first kappa shape index (κ1) is 13.2. The van der Waals surface area contributed by atoms with Crippen LogP contribution in [0.3, 0.4) is 0 Å². The highest BCUT2D eigenvalue weighted by Crippen LogP contribution is 2.09. The third-order valence-electron chi connectivity index (χ3n) is 2.68. The zero-order valence-electron chi connectivity index (χ0n) is 9.84. The summed E-state index contributed by atoms with van der Waals surface area (Å²) in [5.74, 6) is 0.293. The smallest absolute Gasteiger partial charge is 0.224 e. The Bertz CT molecular complexity index is 213. The second-order valence-electron chi connectivity index (χ2n) is 4.02. The van der Waals surface area contributed by atoms with Crippen LogP contribution in [-0.4, -0.2) is 38.8 Å². The van der Waals surface area contributed by atoms with Crippen molar-refractivity contribution in [2.24, 2.45) is 5.92 Å². The SMILES string of the molecule is C=CCCOCCNC(=O)[C@H]1CCCNC1. The molecule has 1 atom stereocenters. The van der Waals surface area contributed by atoms with Crippen molar-refractivity contribution in [2.75, 3.05) is 32.8 Å². The van der Waals surface area contributed by atoms with Crippen LogP contribution in [0.2, 0.25) is 0 Å². The predicted molar refractivity (Wildman–Crippen MR) is 64.2 cm³/mol. The maximum absolute atomic E-state index is 11.7. The van der Waals surface area contributed by atoms with Crippen LogP contribution >= 0.6 is 0 Å². The normalized spacial score (nSPS) is 20.4. The van der Waals surface area contributed by atoms with E-state index in [-0.39, 0.29) is 11.8 Å². The molecule has 1 rings (SSSR count). The van der Waals surface area contributed by atoms with Crippen molar-refractivity contribution in [3.8, 4) is 0 Å². The molecule has 0 aromatic carbocycles. The lowest BCUT2D eigenvalue weighted by molar-refractivity contribution is -0.125. The highest BCUT2D eigenvalue weighted by molar-refractivity contribution is 5.78. The van der Waals surface area contributed by atoms with Crippen LogP contribution in [0, 0.1) is 5.92 Å². The van der Waals surface area contributed by atoms with Crippen molar-refractivity contribution < 1.29 is 9.53 Å². The Morgan fingerprint density at radius 1 is 1.56 bits per heavy atom. The molecule has 0 aromatic heterocycles. The van der Waals surface area contributed by atoms with Crippen molar-refractivity contribution in [2.45, 2.75) is 19.3 Å². The number of hydrogen-bond donors (Lipinski definition) is 2. The van der Waals surface area contributed by atoms with E-state index in [1.165, 1.54) is 0 Å². The molecule has 0 saturated carbocycles. The molecule has 0 aromatic rings. The molecular formula is C12H22N2O2. The van der Waals surface area contributed by atoms with Crippen LogP contribution in [0.1, 0.15) is 19.3 Å². The van der Waals surface area contributed by atoms with E-state index >= 15 is 0 Å². The summed E-state index contributed by atoms with van der Waals surface area (Å²) in [6.07, 6.45) is 4.77. The first-order valence-corrected chi connectivity index (χ1v) is 6.01. The molecule has 92 valence electrons. The summed E-state index contributed by atoms with van der Waals surface area (Å²) in [4.78, 5) is 11.7. The van der Waals surface area contributed by atoms with E-state index in [0.29, 0.717) is 19.8 Å². The van der Waals surface area contributed by atoms with Crippen LogP contribution in [0.25, 0.3) is 0 Å². The minimum Gasteiger partial charge on any atom is -0.379 e. The summed E-state index contributed by atoms with van der Waals surface area (Å²) in [6.45, 7) is 7.33. The number of amides is 1. The molecule has 1 amide bonds. The zero-order chi connectivity index (χ0) is 11.6. The highest BCUT2D eigenvalue weighted by Gasteiger charge is 2.19. The standard InChI is InChI=1S/C12H22N2O2/c1-2-3-8-16-9-7-14-12(15)11-5-4-6-13-10-11/h2,11,13H,1,3-10H2,(H,14,15)/t11-/m0/s1. The van der Waals surface area contributed by atoms with Crippen molar-refractivity contribution in [1.82, 2.24) is 10.6 Å². The first-order chi connectivity index (χ1) is 7.84. The van der Waals surface area contributed by atoms with Crippen molar-refractivity contribution in [1.29, 1.82) is 0 Å². The number of ether oxygens (including phenoxy) is 1. The maximum atomic E-state index is 11.7. The van der Waals surface area contributed by atoms with E-state index in [1.54, 1.807) is 0 Å². The van der Waals surface area contributed by atoms with Crippen molar-refractivity contribution in [3.05, 3.63) is 12.7 Å². The fourth-order valence-corrected chi connectivity index (χ4v) is 1.74. The molecule has 0 radical (unpaired) electrons. The molecule has 16 heavy (non-hydrogen) atoms. The second kappa shape index (κ2) is 8.30. The van der Waals surface area contributed by atoms with Gasteiger partial charge in [0.1, 0.15) is 0 Å². The maximum Gasteiger partial charge on any atom is 0.224 e. The van der Waals surface area contributed by atoms with Gasteiger partial charge in [-0.2, -0.15) is 0 Å². The van der Waals surface area contributed by atoms with Gasteiger partial charge in [0.2, 0.25) is 5.91 Å². The van der Waals surface area contributed by atoms with Crippen LogP contribution in [0.5, 0.6) is 0 Å². The minimum atomic E-state index is 0.141. The Morgan fingerprint density at radius 3 is 3.12 bits per heavy atom. The Morgan fingerprint density at radius 2 is 2.44 bits per heavy atom. The fraction of sp³-hybridized carbons (Fsp3) is 0.750. The number of nitrogens with one attached hydrogen (secondary N) is 2. The van der Waals surface area contributed by atoms with E-state index < -0.39 is 0 Å². The lowest BCUT2D eigenvalue weighted by atomic mass is 9.99. The van der Waals surface area contributed by atoms with E-state index in [1.807, 2.05) is 6.08 Å². The summed E-state index contributed by atoms with van der Waals surface area (Å²) >= 11 is 0. The third kappa shape index (κ3) is 5.28. The Kier molecular flexibility index (Phi) is 6.85.